The van der Waals surface area contributed by atoms with Gasteiger partial charge < -0.3 is 14.7 Å². The van der Waals surface area contributed by atoms with E-state index in [2.05, 4.69) is 4.72 Å². The number of aliphatic carboxylic acids is 1. The molecule has 2 N–H and O–H groups in total. The summed E-state index contributed by atoms with van der Waals surface area (Å²) in [6, 6.07) is 3.61. The van der Waals surface area contributed by atoms with Gasteiger partial charge in [-0.15, -0.1) is 0 Å². The molecule has 0 unspecified atom stereocenters. The first-order chi connectivity index (χ1) is 12.7. The molecule has 1 aliphatic carbocycles. The van der Waals surface area contributed by atoms with Crippen LogP contribution in [0.25, 0.3) is 0 Å². The number of carbonyl (C=O) groups is 2. The molecule has 2 rings (SSSR count). The number of hydrogen-bond acceptors (Lipinski definition) is 5. The molecule has 1 amide bonds. The van der Waals surface area contributed by atoms with Gasteiger partial charge in [0, 0.05) is 17.6 Å². The molecule has 9 heteroatoms. The molecular formula is C18H26N2O6S. The summed E-state index contributed by atoms with van der Waals surface area (Å²) >= 11 is 0. The van der Waals surface area contributed by atoms with Crippen LogP contribution in [0.2, 0.25) is 0 Å². The monoisotopic (exact) mass is 398 g/mol. The molecule has 0 aliphatic heterocycles. The highest BCUT2D eigenvalue weighted by Gasteiger charge is 2.28. The highest BCUT2D eigenvalue weighted by Crippen LogP contribution is 2.28. The van der Waals surface area contributed by atoms with Crippen LogP contribution in [0.5, 0.6) is 5.75 Å². The van der Waals surface area contributed by atoms with Crippen molar-refractivity contribution in [2.75, 3.05) is 13.7 Å². The third-order valence-electron chi connectivity index (χ3n) is 4.57. The highest BCUT2D eigenvalue weighted by atomic mass is 32.2. The summed E-state index contributed by atoms with van der Waals surface area (Å²) < 4.78 is 33.5. The van der Waals surface area contributed by atoms with Gasteiger partial charge in [0.1, 0.15) is 17.2 Å². The summed E-state index contributed by atoms with van der Waals surface area (Å²) in [4.78, 5) is 24.9. The maximum absolute atomic E-state index is 12.8. The lowest BCUT2D eigenvalue weighted by molar-refractivity contribution is -0.138. The van der Waals surface area contributed by atoms with Gasteiger partial charge >= 0.3 is 5.97 Å². The van der Waals surface area contributed by atoms with Crippen molar-refractivity contribution < 1.29 is 27.9 Å². The number of sulfonamides is 1. The number of methoxy groups -OCH3 is 1. The largest absolute Gasteiger partial charge is 0.495 e. The molecule has 1 saturated carbocycles. The predicted octanol–water partition coefficient (Wildman–Crippen LogP) is 1.85. The Balaban J connectivity index is 2.38. The van der Waals surface area contributed by atoms with Crippen LogP contribution in [0.3, 0.4) is 0 Å². The third-order valence-corrected chi connectivity index (χ3v) is 6.11. The third kappa shape index (κ3) is 5.20. The van der Waals surface area contributed by atoms with Crippen molar-refractivity contribution in [2.24, 2.45) is 0 Å². The van der Waals surface area contributed by atoms with Crippen molar-refractivity contribution >= 4 is 21.9 Å². The number of benzene rings is 1. The Morgan fingerprint density at radius 2 is 1.93 bits per heavy atom. The Morgan fingerprint density at radius 3 is 2.44 bits per heavy atom. The normalized spacial score (nSPS) is 15.1. The van der Waals surface area contributed by atoms with E-state index < -0.39 is 28.4 Å². The second-order valence-corrected chi connectivity index (χ2v) is 8.57. The van der Waals surface area contributed by atoms with Gasteiger partial charge in [-0.3, -0.25) is 9.59 Å². The minimum Gasteiger partial charge on any atom is -0.495 e. The summed E-state index contributed by atoms with van der Waals surface area (Å²) in [5.74, 6) is -1.56. The maximum Gasteiger partial charge on any atom is 0.323 e. The number of nitrogens with one attached hydrogen (secondary N) is 1. The summed E-state index contributed by atoms with van der Waals surface area (Å²) in [6.07, 6.45) is 3.50. The average molecular weight is 398 g/mol. The standard InChI is InChI=1S/C18H26N2O6S/c1-12(2)20(11-17(21)22)18(23)13-8-9-15(26-3)16(10-13)27(24,25)19-14-6-4-5-7-14/h8-10,12,14,19H,4-7,11H2,1-3H3,(H,21,22). The lowest BCUT2D eigenvalue weighted by atomic mass is 10.1. The summed E-state index contributed by atoms with van der Waals surface area (Å²) in [5, 5.41) is 9.03. The molecule has 8 nitrogen and oxygen atoms in total. The minimum atomic E-state index is -3.87. The molecule has 1 aromatic carbocycles. The molecule has 0 atom stereocenters. The fraction of sp³-hybridized carbons (Fsp3) is 0.556. The van der Waals surface area contributed by atoms with Crippen LogP contribution in [0.4, 0.5) is 0 Å². The van der Waals surface area contributed by atoms with Crippen LogP contribution in [0.1, 0.15) is 49.9 Å². The second-order valence-electron chi connectivity index (χ2n) is 6.89. The zero-order valence-corrected chi connectivity index (χ0v) is 16.6. The van der Waals surface area contributed by atoms with Gasteiger partial charge in [0.2, 0.25) is 10.0 Å². The Hall–Kier alpha value is -2.13. The van der Waals surface area contributed by atoms with E-state index in [0.29, 0.717) is 0 Å². The van der Waals surface area contributed by atoms with Crippen molar-refractivity contribution in [2.45, 2.75) is 56.5 Å². The van der Waals surface area contributed by atoms with E-state index in [1.807, 2.05) is 0 Å². The van der Waals surface area contributed by atoms with Gasteiger partial charge in [-0.2, -0.15) is 0 Å². The van der Waals surface area contributed by atoms with Gasteiger partial charge in [0.15, 0.2) is 0 Å². The van der Waals surface area contributed by atoms with Gasteiger partial charge in [-0.05, 0) is 44.9 Å². The van der Waals surface area contributed by atoms with E-state index in [1.54, 1.807) is 13.8 Å². The molecule has 1 aliphatic rings. The molecule has 1 aromatic rings. The summed E-state index contributed by atoms with van der Waals surface area (Å²) in [5.41, 5.74) is 0.0950. The topological polar surface area (TPSA) is 113 Å². The Bertz CT molecular complexity index is 800. The number of carbonyl (C=O) groups excluding carboxylic acids is 1. The molecule has 27 heavy (non-hydrogen) atoms. The van der Waals surface area contributed by atoms with Gasteiger partial charge in [-0.25, -0.2) is 13.1 Å². The van der Waals surface area contributed by atoms with Crippen LogP contribution in [0, 0.1) is 0 Å². The Labute approximate surface area is 159 Å². The van der Waals surface area contributed by atoms with E-state index in [-0.39, 0.29) is 28.3 Å². The van der Waals surface area contributed by atoms with Crippen LogP contribution < -0.4 is 9.46 Å². The lowest BCUT2D eigenvalue weighted by Crippen LogP contribution is -2.40. The first-order valence-corrected chi connectivity index (χ1v) is 10.4. The average Bonchev–Trinajstić information content (AvgIpc) is 3.10. The van der Waals surface area contributed by atoms with E-state index in [0.717, 1.165) is 25.7 Å². The maximum atomic E-state index is 12.8. The van der Waals surface area contributed by atoms with Crippen molar-refractivity contribution in [3.8, 4) is 5.75 Å². The van der Waals surface area contributed by atoms with Crippen molar-refractivity contribution in [1.29, 1.82) is 0 Å². The SMILES string of the molecule is COc1ccc(C(=O)N(CC(=O)O)C(C)C)cc1S(=O)(=O)NC1CCCC1. The van der Waals surface area contributed by atoms with E-state index in [4.69, 9.17) is 9.84 Å². The first kappa shape index (κ1) is 21.2. The summed E-state index contributed by atoms with van der Waals surface area (Å²) in [6.45, 7) is 2.93. The van der Waals surface area contributed by atoms with E-state index >= 15 is 0 Å². The minimum absolute atomic E-state index is 0.0950. The van der Waals surface area contributed by atoms with Crippen LogP contribution >= 0.6 is 0 Å². The van der Waals surface area contributed by atoms with E-state index in [9.17, 15) is 18.0 Å². The molecule has 1 fully saturated rings. The second kappa shape index (κ2) is 8.71. The molecule has 0 saturated heterocycles. The van der Waals surface area contributed by atoms with Crippen molar-refractivity contribution in [3.63, 3.8) is 0 Å². The van der Waals surface area contributed by atoms with Gasteiger partial charge in [0.05, 0.1) is 7.11 Å². The van der Waals surface area contributed by atoms with E-state index in [1.165, 1.54) is 30.2 Å². The number of hydrogen-bond donors (Lipinski definition) is 2. The van der Waals surface area contributed by atoms with Gasteiger partial charge in [0.25, 0.3) is 5.91 Å². The number of carboxylic acids is 1. The number of amides is 1. The van der Waals surface area contributed by atoms with Gasteiger partial charge in [-0.1, -0.05) is 12.8 Å². The molecular weight excluding hydrogens is 372 g/mol. The van der Waals surface area contributed by atoms with Crippen LogP contribution in [0.15, 0.2) is 23.1 Å². The molecule has 0 heterocycles. The quantitative estimate of drug-likeness (QED) is 0.691. The molecule has 0 bridgehead atoms. The zero-order chi connectivity index (χ0) is 20.2. The molecule has 0 aromatic heterocycles. The number of nitrogens with zero attached hydrogens (tertiary/aromatic N) is 1. The smallest absolute Gasteiger partial charge is 0.323 e. The zero-order valence-electron chi connectivity index (χ0n) is 15.8. The van der Waals surface area contributed by atoms with Crippen molar-refractivity contribution in [1.82, 2.24) is 9.62 Å². The molecule has 0 radical (unpaired) electrons. The molecule has 0 spiro atoms. The molecule has 150 valence electrons. The van der Waals surface area contributed by atoms with Crippen LogP contribution in [-0.4, -0.2) is 56.0 Å². The number of ether oxygens (including phenoxy) is 1. The Kier molecular flexibility index (Phi) is 6.83. The first-order valence-electron chi connectivity index (χ1n) is 8.89. The van der Waals surface area contributed by atoms with Crippen LogP contribution in [-0.2, 0) is 14.8 Å². The Morgan fingerprint density at radius 1 is 1.30 bits per heavy atom. The lowest BCUT2D eigenvalue weighted by Gasteiger charge is -2.25. The summed E-state index contributed by atoms with van der Waals surface area (Å²) in [7, 11) is -2.52. The van der Waals surface area contributed by atoms with Crippen molar-refractivity contribution in [3.05, 3.63) is 23.8 Å². The fourth-order valence-electron chi connectivity index (χ4n) is 3.15. The number of carboxylic acid groups (broad SMARTS) is 1. The number of rotatable bonds is 8. The fourth-order valence-corrected chi connectivity index (χ4v) is 4.65. The highest BCUT2D eigenvalue weighted by molar-refractivity contribution is 7.89. The predicted molar refractivity (Wildman–Crippen MR) is 99.4 cm³/mol.